The molecule has 322 valence electrons. The standard InChI is InChI=1S/C44H46F2N10O6/c45-34-18-26(19-35(46)33(34)24-55-14-16-62-17-15-55)30-2-1-3-36-41(30)52-37(23-51-36)27(21-47)22-50-28-8-12-54(13-9-28)25-40(58)49-11-10-48-29-4-5-31-32(20-29)44(61)56(43(31)60)38-6-7-39(57)53-42(38)59/h1-5,18-23,28,38,47-48,50H,6-17,24-25H2,(H,49,58)(H,53,57,59)/b27-22+,47-21?. The van der Waals surface area contributed by atoms with Crippen LogP contribution in [0.5, 0.6) is 0 Å². The Hall–Kier alpha value is -6.50. The highest BCUT2D eigenvalue weighted by atomic mass is 19.1. The number of anilines is 1. The van der Waals surface area contributed by atoms with Gasteiger partial charge in [0.1, 0.15) is 17.7 Å². The molecule has 8 rings (SSSR count). The fourth-order valence-electron chi connectivity index (χ4n) is 8.20. The molecule has 5 heterocycles. The number of ether oxygens (including phenoxy) is 1. The molecule has 62 heavy (non-hydrogen) atoms. The van der Waals surface area contributed by atoms with Crippen LogP contribution in [0, 0.1) is 17.0 Å². The SMILES string of the molecule is N=C/C(=C\NC1CCN(CC(=O)NCCNc2ccc3c(c2)C(=O)N(C2CCC(=O)NC2=O)C3=O)CC1)c1cnc2cccc(-c3cc(F)c(CN4CCOCC4)c(F)c3)c2n1. The van der Waals surface area contributed by atoms with Crippen molar-refractivity contribution in [3.8, 4) is 11.1 Å². The molecule has 0 bridgehead atoms. The molecule has 1 aromatic heterocycles. The summed E-state index contributed by atoms with van der Waals surface area (Å²) in [4.78, 5) is 77.1. The highest BCUT2D eigenvalue weighted by Crippen LogP contribution is 2.32. The van der Waals surface area contributed by atoms with E-state index in [9.17, 15) is 24.0 Å². The maximum Gasteiger partial charge on any atom is 0.262 e. The van der Waals surface area contributed by atoms with Gasteiger partial charge in [0, 0.05) is 93.1 Å². The van der Waals surface area contributed by atoms with Gasteiger partial charge in [0.25, 0.3) is 11.8 Å². The van der Waals surface area contributed by atoms with E-state index in [1.807, 2.05) is 4.90 Å². The molecule has 3 aromatic carbocycles. The Bertz CT molecular complexity index is 2440. The first-order chi connectivity index (χ1) is 30.1. The molecular weight excluding hydrogens is 803 g/mol. The number of morpholine rings is 1. The van der Waals surface area contributed by atoms with E-state index in [1.165, 1.54) is 24.4 Å². The topological polar surface area (TPSA) is 202 Å². The number of carbonyl (C=O) groups excluding carboxylic acids is 5. The summed E-state index contributed by atoms with van der Waals surface area (Å²) >= 11 is 0. The van der Waals surface area contributed by atoms with E-state index in [-0.39, 0.29) is 54.6 Å². The summed E-state index contributed by atoms with van der Waals surface area (Å²) in [5.41, 5.74) is 3.73. The molecule has 1 atom stereocenters. The van der Waals surface area contributed by atoms with E-state index >= 15 is 8.78 Å². The first-order valence-corrected chi connectivity index (χ1v) is 20.7. The molecule has 0 spiro atoms. The average Bonchev–Trinajstić information content (AvgIpc) is 3.52. The first kappa shape index (κ1) is 42.2. The van der Waals surface area contributed by atoms with Gasteiger partial charge in [0.15, 0.2) is 0 Å². The van der Waals surface area contributed by atoms with Crippen LogP contribution in [-0.4, -0.2) is 132 Å². The number of fused-ring (bicyclic) bond motifs is 2. The van der Waals surface area contributed by atoms with E-state index in [4.69, 9.17) is 15.1 Å². The molecular formula is C44H46F2N10O6. The van der Waals surface area contributed by atoms with Crippen molar-refractivity contribution in [3.63, 3.8) is 0 Å². The van der Waals surface area contributed by atoms with Gasteiger partial charge >= 0.3 is 0 Å². The minimum Gasteiger partial charge on any atom is -0.387 e. The van der Waals surface area contributed by atoms with E-state index in [0.29, 0.717) is 91.6 Å². The number of carbonyl (C=O) groups is 5. The van der Waals surface area contributed by atoms with Gasteiger partial charge in [0.05, 0.1) is 53.8 Å². The predicted molar refractivity (Wildman–Crippen MR) is 225 cm³/mol. The lowest BCUT2D eigenvalue weighted by Crippen LogP contribution is -2.54. The van der Waals surface area contributed by atoms with Gasteiger partial charge < -0.3 is 26.1 Å². The lowest BCUT2D eigenvalue weighted by Gasteiger charge is -2.31. The summed E-state index contributed by atoms with van der Waals surface area (Å²) in [6.07, 6.45) is 6.11. The van der Waals surface area contributed by atoms with Crippen molar-refractivity contribution in [2.75, 3.05) is 64.3 Å². The van der Waals surface area contributed by atoms with Gasteiger partial charge in [-0.15, -0.1) is 0 Å². The molecule has 4 aromatic rings. The molecule has 0 aliphatic carbocycles. The number of hydrogen-bond acceptors (Lipinski definition) is 13. The van der Waals surface area contributed by atoms with E-state index in [0.717, 1.165) is 17.7 Å². The van der Waals surface area contributed by atoms with Crippen molar-refractivity contribution >= 4 is 58.0 Å². The van der Waals surface area contributed by atoms with Gasteiger partial charge in [-0.05, 0) is 61.2 Å². The molecule has 0 radical (unpaired) electrons. The Morgan fingerprint density at radius 2 is 1.66 bits per heavy atom. The van der Waals surface area contributed by atoms with Crippen molar-refractivity contribution in [2.45, 2.75) is 44.3 Å². The van der Waals surface area contributed by atoms with Crippen LogP contribution >= 0.6 is 0 Å². The van der Waals surface area contributed by atoms with Gasteiger partial charge in [-0.2, -0.15) is 0 Å². The van der Waals surface area contributed by atoms with Crippen molar-refractivity contribution in [1.82, 2.24) is 40.6 Å². The number of imide groups is 2. The first-order valence-electron chi connectivity index (χ1n) is 20.7. The zero-order chi connectivity index (χ0) is 43.3. The predicted octanol–water partition coefficient (Wildman–Crippen LogP) is 3.08. The normalized spacial score (nSPS) is 19.1. The fourth-order valence-corrected chi connectivity index (χ4v) is 8.20. The van der Waals surface area contributed by atoms with Gasteiger partial charge in [0.2, 0.25) is 17.7 Å². The summed E-state index contributed by atoms with van der Waals surface area (Å²) in [6, 6.07) is 11.7. The molecule has 0 saturated carbocycles. The molecule has 5 N–H and O–H groups in total. The van der Waals surface area contributed by atoms with Crippen molar-refractivity contribution in [3.05, 3.63) is 94.9 Å². The molecule has 3 fully saturated rings. The number of aromatic nitrogens is 2. The summed E-state index contributed by atoms with van der Waals surface area (Å²) in [7, 11) is 0. The molecule has 3 saturated heterocycles. The van der Waals surface area contributed by atoms with Crippen LogP contribution in [0.2, 0.25) is 0 Å². The largest absolute Gasteiger partial charge is 0.387 e. The van der Waals surface area contributed by atoms with Crippen LogP contribution in [0.1, 0.15) is 57.7 Å². The van der Waals surface area contributed by atoms with Crippen molar-refractivity contribution < 1.29 is 37.5 Å². The van der Waals surface area contributed by atoms with Crippen molar-refractivity contribution in [1.29, 1.82) is 5.41 Å². The Morgan fingerprint density at radius 3 is 2.40 bits per heavy atom. The third-order valence-corrected chi connectivity index (χ3v) is 11.6. The third-order valence-electron chi connectivity index (χ3n) is 11.6. The second-order valence-electron chi connectivity index (χ2n) is 15.7. The number of allylic oxidation sites excluding steroid dienone is 1. The minimum absolute atomic E-state index is 0.0141. The Balaban J connectivity index is 0.803. The number of amides is 5. The van der Waals surface area contributed by atoms with Crippen LogP contribution in [0.15, 0.2) is 60.9 Å². The molecule has 4 aliphatic rings. The van der Waals surface area contributed by atoms with Crippen LogP contribution in [0.25, 0.3) is 27.7 Å². The number of likely N-dealkylation sites (tertiary alicyclic amines) is 1. The number of para-hydroxylation sites is 1. The molecule has 1 unspecified atom stereocenters. The van der Waals surface area contributed by atoms with E-state index < -0.39 is 41.3 Å². The number of piperidine rings is 2. The van der Waals surface area contributed by atoms with Gasteiger partial charge in [-0.3, -0.25) is 49.0 Å². The Labute approximate surface area is 355 Å². The average molecular weight is 849 g/mol. The van der Waals surface area contributed by atoms with E-state index in [1.54, 1.807) is 42.7 Å². The van der Waals surface area contributed by atoms with Crippen LogP contribution in [-0.2, 0) is 25.7 Å². The number of rotatable bonds is 14. The number of halogens is 2. The smallest absolute Gasteiger partial charge is 0.262 e. The lowest BCUT2D eigenvalue weighted by molar-refractivity contribution is -0.136. The Kier molecular flexibility index (Phi) is 12.7. The zero-order valence-corrected chi connectivity index (χ0v) is 33.8. The number of nitrogens with zero attached hydrogens (tertiary/aromatic N) is 5. The maximum atomic E-state index is 15.4. The summed E-state index contributed by atoms with van der Waals surface area (Å²) in [5, 5.41) is 19.8. The second-order valence-corrected chi connectivity index (χ2v) is 15.7. The van der Waals surface area contributed by atoms with Gasteiger partial charge in [-0.25, -0.2) is 13.8 Å². The molecule has 4 aliphatic heterocycles. The highest BCUT2D eigenvalue weighted by molar-refractivity contribution is 6.23. The summed E-state index contributed by atoms with van der Waals surface area (Å²) in [5.74, 6) is -3.67. The number of hydrogen-bond donors (Lipinski definition) is 5. The number of nitrogens with one attached hydrogen (secondary N) is 5. The fraction of sp³-hybridized carbons (Fsp3) is 0.364. The summed E-state index contributed by atoms with van der Waals surface area (Å²) < 4.78 is 36.1. The minimum atomic E-state index is -1.04. The highest BCUT2D eigenvalue weighted by Gasteiger charge is 2.44. The molecule has 16 nitrogen and oxygen atoms in total. The third kappa shape index (κ3) is 9.21. The van der Waals surface area contributed by atoms with Crippen LogP contribution < -0.4 is 21.3 Å². The van der Waals surface area contributed by atoms with E-state index in [2.05, 4.69) is 31.2 Å². The Morgan fingerprint density at radius 1 is 0.903 bits per heavy atom. The maximum absolute atomic E-state index is 15.4. The van der Waals surface area contributed by atoms with Crippen LogP contribution in [0.4, 0.5) is 14.5 Å². The lowest BCUT2D eigenvalue weighted by atomic mass is 10.0. The molecule has 18 heteroatoms. The second kappa shape index (κ2) is 18.6. The quantitative estimate of drug-likeness (QED) is 0.0707. The van der Waals surface area contributed by atoms with Crippen LogP contribution in [0.3, 0.4) is 0 Å². The number of benzene rings is 3. The monoisotopic (exact) mass is 848 g/mol. The zero-order valence-electron chi connectivity index (χ0n) is 33.8. The van der Waals surface area contributed by atoms with Crippen molar-refractivity contribution in [2.24, 2.45) is 0 Å². The summed E-state index contributed by atoms with van der Waals surface area (Å²) in [6.45, 7) is 4.67. The molecule has 5 amide bonds. The van der Waals surface area contributed by atoms with Gasteiger partial charge in [-0.1, -0.05) is 12.1 Å².